The molecule has 26 heavy (non-hydrogen) atoms. The quantitative estimate of drug-likeness (QED) is 0.742. The van der Waals surface area contributed by atoms with Crippen LogP contribution in [0.5, 0.6) is 5.75 Å². The van der Waals surface area contributed by atoms with E-state index in [-0.39, 0.29) is 24.4 Å². The van der Waals surface area contributed by atoms with Crippen LogP contribution in [0.25, 0.3) is 0 Å². The number of methoxy groups -OCH3 is 1. The van der Waals surface area contributed by atoms with E-state index in [9.17, 15) is 18.4 Å². The maximum Gasteiger partial charge on any atom is 0.254 e. The Morgan fingerprint density at radius 2 is 1.88 bits per heavy atom. The largest absolute Gasteiger partial charge is 0.495 e. The number of halogens is 2. The molecule has 2 rings (SSSR count). The Balaban J connectivity index is 1.80. The predicted molar refractivity (Wildman–Crippen MR) is 94.3 cm³/mol. The van der Waals surface area contributed by atoms with Crippen LogP contribution in [0.1, 0.15) is 28.8 Å². The number of hydrogen-bond donors (Lipinski definition) is 2. The van der Waals surface area contributed by atoms with Gasteiger partial charge in [-0.3, -0.25) is 9.59 Å². The van der Waals surface area contributed by atoms with E-state index < -0.39 is 17.5 Å². The van der Waals surface area contributed by atoms with Crippen molar-refractivity contribution in [3.05, 3.63) is 59.2 Å². The van der Waals surface area contributed by atoms with Crippen molar-refractivity contribution in [1.82, 2.24) is 5.32 Å². The molecule has 0 aliphatic rings. The molecule has 0 aliphatic heterocycles. The predicted octanol–water partition coefficient (Wildman–Crippen LogP) is 3.43. The van der Waals surface area contributed by atoms with Gasteiger partial charge in [0.2, 0.25) is 5.91 Å². The molecule has 2 aromatic rings. The summed E-state index contributed by atoms with van der Waals surface area (Å²) in [5.41, 5.74) is 1.32. The van der Waals surface area contributed by atoms with Gasteiger partial charge in [-0.25, -0.2) is 8.78 Å². The topological polar surface area (TPSA) is 67.4 Å². The lowest BCUT2D eigenvalue weighted by atomic mass is 10.2. The minimum absolute atomic E-state index is 0.170. The zero-order chi connectivity index (χ0) is 19.1. The van der Waals surface area contributed by atoms with Gasteiger partial charge in [0.05, 0.1) is 18.4 Å². The average Bonchev–Trinajstić information content (AvgIpc) is 2.58. The highest BCUT2D eigenvalue weighted by Crippen LogP contribution is 2.25. The number of ether oxygens (including phenoxy) is 1. The van der Waals surface area contributed by atoms with E-state index in [1.165, 1.54) is 7.11 Å². The lowest BCUT2D eigenvalue weighted by molar-refractivity contribution is -0.116. The maximum absolute atomic E-state index is 13.5. The van der Waals surface area contributed by atoms with Crippen molar-refractivity contribution in [2.24, 2.45) is 0 Å². The summed E-state index contributed by atoms with van der Waals surface area (Å²) in [5.74, 6) is -1.99. The average molecular weight is 362 g/mol. The molecule has 2 aromatic carbocycles. The molecule has 0 heterocycles. The monoisotopic (exact) mass is 362 g/mol. The minimum atomic E-state index is -0.924. The molecular weight excluding hydrogens is 342 g/mol. The minimum Gasteiger partial charge on any atom is -0.495 e. The van der Waals surface area contributed by atoms with Crippen molar-refractivity contribution in [3.8, 4) is 5.75 Å². The third kappa shape index (κ3) is 5.27. The van der Waals surface area contributed by atoms with Crippen molar-refractivity contribution >= 4 is 17.5 Å². The van der Waals surface area contributed by atoms with Crippen molar-refractivity contribution in [1.29, 1.82) is 0 Å². The molecule has 0 fully saturated rings. The van der Waals surface area contributed by atoms with Crippen LogP contribution < -0.4 is 15.4 Å². The van der Waals surface area contributed by atoms with Crippen LogP contribution in [-0.4, -0.2) is 25.5 Å². The van der Waals surface area contributed by atoms with E-state index in [1.54, 1.807) is 12.1 Å². The summed E-state index contributed by atoms with van der Waals surface area (Å²) in [7, 11) is 1.52. The third-order valence-electron chi connectivity index (χ3n) is 3.67. The summed E-state index contributed by atoms with van der Waals surface area (Å²) in [6.45, 7) is 2.09. The normalized spacial score (nSPS) is 10.3. The molecule has 5 nitrogen and oxygen atoms in total. The first kappa shape index (κ1) is 19.4. The summed E-state index contributed by atoms with van der Waals surface area (Å²) in [5, 5.41) is 5.26. The maximum atomic E-state index is 13.5. The van der Waals surface area contributed by atoms with E-state index in [0.717, 1.165) is 17.7 Å². The summed E-state index contributed by atoms with van der Waals surface area (Å²) in [6.07, 6.45) is 0.539. The number of hydrogen-bond acceptors (Lipinski definition) is 3. The summed E-state index contributed by atoms with van der Waals surface area (Å²) >= 11 is 0. The van der Waals surface area contributed by atoms with Crippen molar-refractivity contribution in [3.63, 3.8) is 0 Å². The lowest BCUT2D eigenvalue weighted by Gasteiger charge is -2.11. The zero-order valence-electron chi connectivity index (χ0n) is 14.6. The Hall–Kier alpha value is -2.96. The van der Waals surface area contributed by atoms with Crippen LogP contribution >= 0.6 is 0 Å². The number of carbonyl (C=O) groups is 2. The molecular formula is C19H20F2N2O3. The number of carbonyl (C=O) groups excluding carboxylic acids is 2. The third-order valence-corrected chi connectivity index (χ3v) is 3.67. The summed E-state index contributed by atoms with van der Waals surface area (Å²) in [4.78, 5) is 23.9. The molecule has 0 aliphatic carbocycles. The second-order valence-electron chi connectivity index (χ2n) is 5.74. The Kier molecular flexibility index (Phi) is 6.66. The van der Waals surface area contributed by atoms with Crippen LogP contribution in [0, 0.1) is 18.6 Å². The number of anilines is 1. The highest BCUT2D eigenvalue weighted by molar-refractivity contribution is 5.94. The Labute approximate surface area is 150 Å². The fourth-order valence-electron chi connectivity index (χ4n) is 2.35. The molecule has 0 radical (unpaired) electrons. The molecule has 0 aromatic heterocycles. The van der Waals surface area contributed by atoms with Gasteiger partial charge in [0.15, 0.2) is 0 Å². The number of nitrogens with one attached hydrogen (secondary N) is 2. The number of rotatable bonds is 7. The molecule has 0 saturated heterocycles. The number of benzene rings is 2. The lowest BCUT2D eigenvalue weighted by Crippen LogP contribution is -2.26. The van der Waals surface area contributed by atoms with Gasteiger partial charge in [-0.05, 0) is 43.2 Å². The van der Waals surface area contributed by atoms with Crippen LogP contribution in [0.3, 0.4) is 0 Å². The van der Waals surface area contributed by atoms with Gasteiger partial charge in [0.25, 0.3) is 5.91 Å². The fraction of sp³-hybridized carbons (Fsp3) is 0.263. The van der Waals surface area contributed by atoms with Gasteiger partial charge < -0.3 is 15.4 Å². The van der Waals surface area contributed by atoms with Crippen molar-refractivity contribution in [2.45, 2.75) is 19.8 Å². The molecule has 2 amide bonds. The Morgan fingerprint density at radius 1 is 1.12 bits per heavy atom. The Morgan fingerprint density at radius 3 is 2.58 bits per heavy atom. The van der Waals surface area contributed by atoms with E-state index >= 15 is 0 Å². The van der Waals surface area contributed by atoms with Crippen molar-refractivity contribution in [2.75, 3.05) is 19.0 Å². The highest BCUT2D eigenvalue weighted by Gasteiger charge is 2.12. The molecule has 0 spiro atoms. The van der Waals surface area contributed by atoms with Gasteiger partial charge in [-0.15, -0.1) is 0 Å². The summed E-state index contributed by atoms with van der Waals surface area (Å²) in [6, 6.07) is 8.19. The van der Waals surface area contributed by atoms with Crippen LogP contribution in [0.4, 0.5) is 14.5 Å². The van der Waals surface area contributed by atoms with Crippen LogP contribution in [0.15, 0.2) is 36.4 Å². The second-order valence-corrected chi connectivity index (χ2v) is 5.74. The van der Waals surface area contributed by atoms with Gasteiger partial charge >= 0.3 is 0 Å². The van der Waals surface area contributed by atoms with E-state index in [4.69, 9.17) is 4.74 Å². The van der Waals surface area contributed by atoms with Gasteiger partial charge in [-0.1, -0.05) is 6.07 Å². The zero-order valence-corrected chi connectivity index (χ0v) is 14.6. The van der Waals surface area contributed by atoms with Crippen LogP contribution in [0.2, 0.25) is 0 Å². The first-order valence-corrected chi connectivity index (χ1v) is 8.08. The smallest absolute Gasteiger partial charge is 0.254 e. The molecule has 138 valence electrons. The first-order chi connectivity index (χ1) is 12.4. The standard InChI is InChI=1S/C19H20F2N2O3/c1-12-5-8-17(26-2)16(10-12)23-18(24)4-3-9-22-19(25)14-7-6-13(20)11-15(14)21/h5-8,10-11H,3-4,9H2,1-2H3,(H,22,25)(H,23,24). The van der Waals surface area contributed by atoms with Gasteiger partial charge in [0.1, 0.15) is 17.4 Å². The molecule has 7 heteroatoms. The number of aryl methyl sites for hydroxylation is 1. The second kappa shape index (κ2) is 8.94. The van der Waals surface area contributed by atoms with E-state index in [0.29, 0.717) is 23.9 Å². The van der Waals surface area contributed by atoms with Gasteiger partial charge in [0, 0.05) is 19.0 Å². The molecule has 2 N–H and O–H groups in total. The molecule has 0 bridgehead atoms. The summed E-state index contributed by atoms with van der Waals surface area (Å²) < 4.78 is 31.5. The highest BCUT2D eigenvalue weighted by atomic mass is 19.1. The van der Waals surface area contributed by atoms with E-state index in [2.05, 4.69) is 10.6 Å². The fourth-order valence-corrected chi connectivity index (χ4v) is 2.35. The SMILES string of the molecule is COc1ccc(C)cc1NC(=O)CCCNC(=O)c1ccc(F)cc1F. The molecule has 0 saturated carbocycles. The van der Waals surface area contributed by atoms with Crippen LogP contribution in [-0.2, 0) is 4.79 Å². The number of amides is 2. The van der Waals surface area contributed by atoms with Gasteiger partial charge in [-0.2, -0.15) is 0 Å². The Bertz CT molecular complexity index is 809. The molecule has 0 atom stereocenters. The first-order valence-electron chi connectivity index (χ1n) is 8.08. The molecule has 0 unspecified atom stereocenters. The van der Waals surface area contributed by atoms with E-state index in [1.807, 2.05) is 13.0 Å². The van der Waals surface area contributed by atoms with Crippen molar-refractivity contribution < 1.29 is 23.1 Å².